The molecular formula is C21H20ClN5O2S. The van der Waals surface area contributed by atoms with Gasteiger partial charge in [0.1, 0.15) is 0 Å². The quantitative estimate of drug-likeness (QED) is 0.557. The predicted molar refractivity (Wildman–Crippen MR) is 119 cm³/mol. The topological polar surface area (TPSA) is 71.5 Å². The Labute approximate surface area is 184 Å². The van der Waals surface area contributed by atoms with Crippen molar-refractivity contribution >= 4 is 40.6 Å². The number of anilines is 2. The van der Waals surface area contributed by atoms with Gasteiger partial charge in [-0.1, -0.05) is 35.5 Å². The van der Waals surface area contributed by atoms with Crippen molar-refractivity contribution in [2.75, 3.05) is 30.2 Å². The second-order valence-electron chi connectivity index (χ2n) is 6.96. The van der Waals surface area contributed by atoms with Gasteiger partial charge in [-0.3, -0.25) is 9.69 Å². The summed E-state index contributed by atoms with van der Waals surface area (Å²) < 4.78 is 6.30. The van der Waals surface area contributed by atoms with Gasteiger partial charge < -0.3 is 9.64 Å². The van der Waals surface area contributed by atoms with E-state index in [9.17, 15) is 4.79 Å². The molecule has 1 aliphatic rings. The van der Waals surface area contributed by atoms with Gasteiger partial charge >= 0.3 is 0 Å². The van der Waals surface area contributed by atoms with Crippen molar-refractivity contribution in [3.05, 3.63) is 53.1 Å². The minimum atomic E-state index is -0.716. The summed E-state index contributed by atoms with van der Waals surface area (Å²) in [6, 6.07) is 13.1. The van der Waals surface area contributed by atoms with Crippen LogP contribution in [0.5, 0.6) is 5.88 Å². The van der Waals surface area contributed by atoms with Crippen LogP contribution in [0.1, 0.15) is 18.7 Å². The monoisotopic (exact) mass is 441 g/mol. The molecule has 9 heteroatoms. The van der Waals surface area contributed by atoms with Gasteiger partial charge in [0, 0.05) is 42.9 Å². The highest BCUT2D eigenvalue weighted by molar-refractivity contribution is 7.98. The van der Waals surface area contributed by atoms with E-state index in [-0.39, 0.29) is 5.91 Å². The van der Waals surface area contributed by atoms with E-state index in [0.717, 1.165) is 11.3 Å². The van der Waals surface area contributed by atoms with Crippen LogP contribution in [0.4, 0.5) is 11.4 Å². The number of aromatic nitrogens is 3. The highest BCUT2D eigenvalue weighted by Gasteiger charge is 2.34. The Morgan fingerprint density at radius 2 is 1.90 bits per heavy atom. The normalized spacial score (nSPS) is 15.0. The molecule has 1 atom stereocenters. The molecule has 2 heterocycles. The van der Waals surface area contributed by atoms with Gasteiger partial charge in [-0.05, 0) is 36.6 Å². The van der Waals surface area contributed by atoms with E-state index in [1.54, 1.807) is 23.1 Å². The lowest BCUT2D eigenvalue weighted by Crippen LogP contribution is -2.36. The van der Waals surface area contributed by atoms with Crippen LogP contribution in [0.3, 0.4) is 0 Å². The molecule has 7 nitrogen and oxygen atoms in total. The maximum atomic E-state index is 12.8. The van der Waals surface area contributed by atoms with Gasteiger partial charge in [-0.25, -0.2) is 0 Å². The smallest absolute Gasteiger partial charge is 0.247 e. The number of carbonyl (C=O) groups excluding carboxylic acids is 1. The molecule has 0 radical (unpaired) electrons. The van der Waals surface area contributed by atoms with E-state index in [1.807, 2.05) is 49.5 Å². The number of nitrogens with zero attached hydrogens (tertiary/aromatic N) is 5. The maximum absolute atomic E-state index is 12.8. The number of hydrogen-bond acceptors (Lipinski definition) is 7. The van der Waals surface area contributed by atoms with Crippen molar-refractivity contribution in [1.29, 1.82) is 0 Å². The average molecular weight is 442 g/mol. The second kappa shape index (κ2) is 8.12. The minimum Gasteiger partial charge on any atom is -0.447 e. The molecule has 0 saturated heterocycles. The van der Waals surface area contributed by atoms with Crippen molar-refractivity contribution < 1.29 is 9.53 Å². The molecule has 0 aliphatic carbocycles. The number of carbonyl (C=O) groups is 1. The summed E-state index contributed by atoms with van der Waals surface area (Å²) in [5, 5.41) is 9.48. The molecule has 154 valence electrons. The van der Waals surface area contributed by atoms with E-state index in [1.165, 1.54) is 18.7 Å². The zero-order valence-electron chi connectivity index (χ0n) is 17.0. The van der Waals surface area contributed by atoms with Crippen molar-refractivity contribution in [1.82, 2.24) is 15.2 Å². The van der Waals surface area contributed by atoms with E-state index in [0.29, 0.717) is 33.0 Å². The molecule has 1 aromatic heterocycles. The fraction of sp³-hybridized carbons (Fsp3) is 0.238. The lowest BCUT2D eigenvalue weighted by molar-refractivity contribution is -0.118. The van der Waals surface area contributed by atoms with Gasteiger partial charge in [-0.15, -0.1) is 10.2 Å². The first-order valence-corrected chi connectivity index (χ1v) is 10.8. The first-order valence-electron chi connectivity index (χ1n) is 9.21. The van der Waals surface area contributed by atoms with E-state index >= 15 is 0 Å². The molecule has 0 fully saturated rings. The predicted octanol–water partition coefficient (Wildman–Crippen LogP) is 4.42. The van der Waals surface area contributed by atoms with Crippen LogP contribution in [0.15, 0.2) is 47.6 Å². The Morgan fingerprint density at radius 1 is 1.17 bits per heavy atom. The Balaban J connectivity index is 1.93. The van der Waals surface area contributed by atoms with Crippen LogP contribution in [-0.2, 0) is 4.79 Å². The summed E-state index contributed by atoms with van der Waals surface area (Å²) >= 11 is 7.63. The average Bonchev–Trinajstić information content (AvgIpc) is 2.87. The van der Waals surface area contributed by atoms with E-state index in [2.05, 4.69) is 15.2 Å². The Bertz CT molecular complexity index is 1110. The number of thioether (sulfide) groups is 1. The zero-order valence-corrected chi connectivity index (χ0v) is 18.5. The maximum Gasteiger partial charge on any atom is 0.247 e. The first-order chi connectivity index (χ1) is 14.4. The summed E-state index contributed by atoms with van der Waals surface area (Å²) in [5.41, 5.74) is 3.59. The molecule has 3 aromatic rings. The van der Waals surface area contributed by atoms with Crippen molar-refractivity contribution in [2.45, 2.75) is 18.3 Å². The molecule has 0 N–H and O–H groups in total. The third kappa shape index (κ3) is 3.68. The SMILES string of the molecule is CSc1nnc2c(n1)O[C@@H](c1ccc(N(C)C)cc1)N(C(C)=O)c1ccc(Cl)cc1-2. The fourth-order valence-corrected chi connectivity index (χ4v) is 3.79. The van der Waals surface area contributed by atoms with Crippen LogP contribution in [0.2, 0.25) is 5.02 Å². The van der Waals surface area contributed by atoms with Gasteiger partial charge in [0.25, 0.3) is 0 Å². The van der Waals surface area contributed by atoms with Crippen LogP contribution < -0.4 is 14.5 Å². The zero-order chi connectivity index (χ0) is 21.4. The molecule has 1 amide bonds. The number of rotatable bonds is 3. The van der Waals surface area contributed by atoms with Gasteiger partial charge in [0.15, 0.2) is 5.69 Å². The molecule has 4 rings (SSSR count). The standard InChI is InChI=1S/C21H20ClN5O2S/c1-12(28)27-17-10-7-14(22)11-16(17)18-19(23-21(30-4)25-24-18)29-20(27)13-5-8-15(9-6-13)26(2)3/h5-11,20H,1-4H3/t20-/m0/s1. The molecule has 0 bridgehead atoms. The fourth-order valence-electron chi connectivity index (χ4n) is 3.32. The van der Waals surface area contributed by atoms with Gasteiger partial charge in [0.05, 0.1) is 5.69 Å². The van der Waals surface area contributed by atoms with Crippen molar-refractivity contribution in [2.24, 2.45) is 0 Å². The first kappa shape index (κ1) is 20.4. The largest absolute Gasteiger partial charge is 0.447 e. The Kier molecular flexibility index (Phi) is 5.53. The van der Waals surface area contributed by atoms with Crippen LogP contribution >= 0.6 is 23.4 Å². The minimum absolute atomic E-state index is 0.175. The van der Waals surface area contributed by atoms with E-state index in [4.69, 9.17) is 16.3 Å². The third-order valence-corrected chi connectivity index (χ3v) is 5.56. The lowest BCUT2D eigenvalue weighted by Gasteiger charge is -2.30. The highest BCUT2D eigenvalue weighted by Crippen LogP contribution is 2.44. The molecule has 0 unspecified atom stereocenters. The molecule has 0 saturated carbocycles. The van der Waals surface area contributed by atoms with Crippen molar-refractivity contribution in [3.8, 4) is 17.1 Å². The third-order valence-electron chi connectivity index (χ3n) is 4.78. The van der Waals surface area contributed by atoms with Crippen LogP contribution in [0, 0.1) is 0 Å². The van der Waals surface area contributed by atoms with E-state index < -0.39 is 6.23 Å². The number of ether oxygens (including phenoxy) is 1. The molecular weight excluding hydrogens is 422 g/mol. The molecule has 2 aromatic carbocycles. The van der Waals surface area contributed by atoms with Gasteiger partial charge in [-0.2, -0.15) is 4.98 Å². The van der Waals surface area contributed by atoms with Crippen LogP contribution in [0.25, 0.3) is 11.3 Å². The highest BCUT2D eigenvalue weighted by atomic mass is 35.5. The summed E-state index contributed by atoms with van der Waals surface area (Å²) in [6.45, 7) is 1.51. The second-order valence-corrected chi connectivity index (χ2v) is 8.17. The lowest BCUT2D eigenvalue weighted by atomic mass is 10.1. The number of amides is 1. The molecule has 0 spiro atoms. The summed E-state index contributed by atoms with van der Waals surface area (Å²) in [7, 11) is 3.95. The molecule has 30 heavy (non-hydrogen) atoms. The number of halogens is 1. The summed E-state index contributed by atoms with van der Waals surface area (Å²) in [5.74, 6) is 0.134. The molecule has 1 aliphatic heterocycles. The van der Waals surface area contributed by atoms with Crippen molar-refractivity contribution in [3.63, 3.8) is 0 Å². The number of fused-ring (bicyclic) bond motifs is 3. The number of benzene rings is 2. The number of hydrogen-bond donors (Lipinski definition) is 0. The Hall–Kier alpha value is -2.84. The van der Waals surface area contributed by atoms with Crippen LogP contribution in [-0.4, -0.2) is 41.4 Å². The summed E-state index contributed by atoms with van der Waals surface area (Å²) in [4.78, 5) is 20.9. The summed E-state index contributed by atoms with van der Waals surface area (Å²) in [6.07, 6.45) is 1.15. The van der Waals surface area contributed by atoms with Gasteiger partial charge in [0.2, 0.25) is 23.2 Å². The Morgan fingerprint density at radius 3 is 2.53 bits per heavy atom.